The Hall–Kier alpha value is -3.09. The molecule has 0 aliphatic rings. The molecule has 0 saturated carbocycles. The number of hydrogen-bond donors (Lipinski definition) is 1. The van der Waals surface area contributed by atoms with Gasteiger partial charge in [0.05, 0.1) is 13.7 Å². The number of carbonyl (C=O) groups is 2. The van der Waals surface area contributed by atoms with Crippen LogP contribution in [0, 0.1) is 0 Å². The lowest BCUT2D eigenvalue weighted by Crippen LogP contribution is -2.28. The molecule has 126 valence electrons. The minimum Gasteiger partial charge on any atom is -0.497 e. The number of hydrogen-bond acceptors (Lipinski definition) is 6. The van der Waals surface area contributed by atoms with E-state index < -0.39 is 5.97 Å². The number of amides is 1. The van der Waals surface area contributed by atoms with Gasteiger partial charge in [0.15, 0.2) is 6.61 Å². The van der Waals surface area contributed by atoms with Gasteiger partial charge in [-0.25, -0.2) is 4.79 Å². The molecular formula is C17H18N2O5. The predicted octanol–water partition coefficient (Wildman–Crippen LogP) is 1.44. The molecule has 0 atom stereocenters. The maximum absolute atomic E-state index is 11.7. The molecule has 1 heterocycles. The van der Waals surface area contributed by atoms with Gasteiger partial charge < -0.3 is 19.5 Å². The zero-order chi connectivity index (χ0) is 17.2. The van der Waals surface area contributed by atoms with E-state index in [0.717, 1.165) is 0 Å². The Bertz CT molecular complexity index is 658. The van der Waals surface area contributed by atoms with Crippen molar-refractivity contribution in [3.8, 4) is 11.5 Å². The summed E-state index contributed by atoms with van der Waals surface area (Å²) in [7, 11) is 1.57. The Kier molecular flexibility index (Phi) is 6.58. The van der Waals surface area contributed by atoms with Crippen molar-refractivity contribution < 1.29 is 23.8 Å². The van der Waals surface area contributed by atoms with E-state index in [1.54, 1.807) is 43.5 Å². The van der Waals surface area contributed by atoms with Gasteiger partial charge in [0.2, 0.25) is 0 Å². The average Bonchev–Trinajstić information content (AvgIpc) is 2.64. The fourth-order valence-electron chi connectivity index (χ4n) is 1.79. The maximum Gasteiger partial charge on any atom is 0.344 e. The SMILES string of the molecule is COc1ccc(OCC(=O)OCCNC(=O)c2ccncc2)cc1. The van der Waals surface area contributed by atoms with Crippen LogP contribution >= 0.6 is 0 Å². The van der Waals surface area contributed by atoms with Crippen molar-refractivity contribution in [1.29, 1.82) is 0 Å². The van der Waals surface area contributed by atoms with Gasteiger partial charge in [-0.1, -0.05) is 0 Å². The van der Waals surface area contributed by atoms with Gasteiger partial charge in [0.25, 0.3) is 5.91 Å². The largest absolute Gasteiger partial charge is 0.497 e. The molecule has 0 aliphatic heterocycles. The van der Waals surface area contributed by atoms with E-state index in [1.165, 1.54) is 12.4 Å². The summed E-state index contributed by atoms with van der Waals surface area (Å²) in [6.45, 7) is 0.0850. The predicted molar refractivity (Wildman–Crippen MR) is 86.0 cm³/mol. The fraction of sp³-hybridized carbons (Fsp3) is 0.235. The molecule has 24 heavy (non-hydrogen) atoms. The van der Waals surface area contributed by atoms with E-state index in [9.17, 15) is 9.59 Å². The summed E-state index contributed by atoms with van der Waals surface area (Å²) in [5.41, 5.74) is 0.499. The molecule has 2 rings (SSSR count). The number of rotatable bonds is 8. The highest BCUT2D eigenvalue weighted by Crippen LogP contribution is 2.16. The number of carbonyl (C=O) groups excluding carboxylic acids is 2. The molecule has 0 aliphatic carbocycles. The van der Waals surface area contributed by atoms with Gasteiger partial charge >= 0.3 is 5.97 Å². The third-order valence-corrected chi connectivity index (χ3v) is 3.01. The quantitative estimate of drug-likeness (QED) is 0.582. The summed E-state index contributed by atoms with van der Waals surface area (Å²) in [5.74, 6) is 0.487. The second-order valence-corrected chi connectivity index (χ2v) is 4.68. The molecule has 7 heteroatoms. The van der Waals surface area contributed by atoms with Gasteiger partial charge in [-0.2, -0.15) is 0 Å². The lowest BCUT2D eigenvalue weighted by Gasteiger charge is -2.08. The van der Waals surface area contributed by atoms with Crippen molar-refractivity contribution in [2.24, 2.45) is 0 Å². The van der Waals surface area contributed by atoms with Crippen LogP contribution in [0.3, 0.4) is 0 Å². The fourth-order valence-corrected chi connectivity index (χ4v) is 1.79. The Labute approximate surface area is 139 Å². The number of benzene rings is 1. The molecule has 7 nitrogen and oxygen atoms in total. The van der Waals surface area contributed by atoms with Crippen LogP contribution in [0.25, 0.3) is 0 Å². The lowest BCUT2D eigenvalue weighted by atomic mass is 10.2. The number of ether oxygens (including phenoxy) is 3. The topological polar surface area (TPSA) is 86.8 Å². The van der Waals surface area contributed by atoms with Gasteiger partial charge in [-0.05, 0) is 36.4 Å². The normalized spacial score (nSPS) is 9.88. The highest BCUT2D eigenvalue weighted by atomic mass is 16.6. The molecule has 0 fully saturated rings. The summed E-state index contributed by atoms with van der Waals surface area (Å²) < 4.78 is 15.3. The van der Waals surface area contributed by atoms with Gasteiger partial charge in [0.1, 0.15) is 18.1 Å². The lowest BCUT2D eigenvalue weighted by molar-refractivity contribution is -0.145. The van der Waals surface area contributed by atoms with Crippen molar-refractivity contribution in [2.75, 3.05) is 26.9 Å². The first-order valence-electron chi connectivity index (χ1n) is 7.30. The minimum absolute atomic E-state index is 0.0711. The molecule has 0 spiro atoms. The first kappa shape index (κ1) is 17.3. The van der Waals surface area contributed by atoms with E-state index in [-0.39, 0.29) is 25.7 Å². The Morgan fingerprint density at radius 2 is 1.71 bits per heavy atom. The van der Waals surface area contributed by atoms with Crippen LogP contribution in [0.2, 0.25) is 0 Å². The average molecular weight is 330 g/mol. The first-order chi connectivity index (χ1) is 11.7. The summed E-state index contributed by atoms with van der Waals surface area (Å²) in [6, 6.07) is 10.1. The monoisotopic (exact) mass is 330 g/mol. The minimum atomic E-state index is -0.510. The molecule has 0 saturated heterocycles. The van der Waals surface area contributed by atoms with Crippen molar-refractivity contribution in [3.05, 3.63) is 54.4 Å². The number of pyridine rings is 1. The zero-order valence-corrected chi connectivity index (χ0v) is 13.2. The van der Waals surface area contributed by atoms with Crippen LogP contribution < -0.4 is 14.8 Å². The second-order valence-electron chi connectivity index (χ2n) is 4.68. The number of aromatic nitrogens is 1. The standard InChI is InChI=1S/C17H18N2O5/c1-22-14-2-4-15(5-3-14)24-12-16(20)23-11-10-19-17(21)13-6-8-18-9-7-13/h2-9H,10-12H2,1H3,(H,19,21). The molecule has 1 N–H and O–H groups in total. The first-order valence-corrected chi connectivity index (χ1v) is 7.30. The highest BCUT2D eigenvalue weighted by molar-refractivity contribution is 5.93. The van der Waals surface area contributed by atoms with Crippen molar-refractivity contribution in [1.82, 2.24) is 10.3 Å². The number of nitrogens with one attached hydrogen (secondary N) is 1. The van der Waals surface area contributed by atoms with E-state index in [0.29, 0.717) is 17.1 Å². The second kappa shape index (κ2) is 9.14. The maximum atomic E-state index is 11.7. The molecule has 1 aromatic heterocycles. The highest BCUT2D eigenvalue weighted by Gasteiger charge is 2.06. The summed E-state index contributed by atoms with van der Waals surface area (Å²) in [5, 5.41) is 2.64. The molecular weight excluding hydrogens is 312 g/mol. The van der Waals surface area contributed by atoms with Crippen LogP contribution in [0.15, 0.2) is 48.8 Å². The van der Waals surface area contributed by atoms with Crippen molar-refractivity contribution in [2.45, 2.75) is 0 Å². The number of nitrogens with zero attached hydrogens (tertiary/aromatic N) is 1. The number of esters is 1. The van der Waals surface area contributed by atoms with Crippen LogP contribution in [-0.4, -0.2) is 43.7 Å². The van der Waals surface area contributed by atoms with Crippen molar-refractivity contribution >= 4 is 11.9 Å². The zero-order valence-electron chi connectivity index (χ0n) is 13.2. The Morgan fingerprint density at radius 3 is 2.38 bits per heavy atom. The molecule has 1 amide bonds. The van der Waals surface area contributed by atoms with Gasteiger partial charge in [-0.15, -0.1) is 0 Å². The van der Waals surface area contributed by atoms with Crippen LogP contribution in [0.5, 0.6) is 11.5 Å². The third kappa shape index (κ3) is 5.60. The Morgan fingerprint density at radius 1 is 1.04 bits per heavy atom. The smallest absolute Gasteiger partial charge is 0.344 e. The van der Waals surface area contributed by atoms with E-state index >= 15 is 0 Å². The van der Waals surface area contributed by atoms with E-state index in [4.69, 9.17) is 14.2 Å². The molecule has 0 radical (unpaired) electrons. The molecule has 0 unspecified atom stereocenters. The van der Waals surface area contributed by atoms with E-state index in [1.807, 2.05) is 0 Å². The van der Waals surface area contributed by atoms with Crippen molar-refractivity contribution in [3.63, 3.8) is 0 Å². The molecule has 2 aromatic rings. The van der Waals surface area contributed by atoms with Crippen LogP contribution in [-0.2, 0) is 9.53 Å². The number of methoxy groups -OCH3 is 1. The van der Waals surface area contributed by atoms with E-state index in [2.05, 4.69) is 10.3 Å². The molecule has 1 aromatic carbocycles. The Balaban J connectivity index is 1.62. The third-order valence-electron chi connectivity index (χ3n) is 3.01. The summed E-state index contributed by atoms with van der Waals surface area (Å²) in [4.78, 5) is 27.1. The van der Waals surface area contributed by atoms with Crippen LogP contribution in [0.1, 0.15) is 10.4 Å². The summed E-state index contributed by atoms with van der Waals surface area (Å²) >= 11 is 0. The van der Waals surface area contributed by atoms with Gasteiger partial charge in [0, 0.05) is 18.0 Å². The molecule has 0 bridgehead atoms. The summed E-state index contributed by atoms with van der Waals surface area (Å²) in [6.07, 6.45) is 3.07. The van der Waals surface area contributed by atoms with Gasteiger partial charge in [-0.3, -0.25) is 9.78 Å². The van der Waals surface area contributed by atoms with Crippen LogP contribution in [0.4, 0.5) is 0 Å².